The first-order valence-corrected chi connectivity index (χ1v) is 10.7. The van der Waals surface area contributed by atoms with Crippen molar-refractivity contribution in [1.29, 1.82) is 5.26 Å². The SMILES string of the molecule is N#Cc1ccc(Oc2ccccc2F)c2c1S(=O)(=O)NC(=NCc1ncccc1Cl)N2. The molecule has 0 amide bonds. The van der Waals surface area contributed by atoms with Crippen molar-refractivity contribution in [2.45, 2.75) is 11.4 Å². The third-order valence-electron chi connectivity index (χ3n) is 4.26. The number of ether oxygens (including phenoxy) is 1. The molecule has 0 radical (unpaired) electrons. The summed E-state index contributed by atoms with van der Waals surface area (Å²) in [4.78, 5) is 7.97. The Hall–Kier alpha value is -3.68. The van der Waals surface area contributed by atoms with Gasteiger partial charge in [-0.25, -0.2) is 22.5 Å². The van der Waals surface area contributed by atoms with Gasteiger partial charge in [-0.05, 0) is 36.4 Å². The highest BCUT2D eigenvalue weighted by Gasteiger charge is 2.33. The number of aromatic nitrogens is 1. The van der Waals surface area contributed by atoms with E-state index < -0.39 is 15.8 Å². The summed E-state index contributed by atoms with van der Waals surface area (Å²) in [6, 6.07) is 13.5. The summed E-state index contributed by atoms with van der Waals surface area (Å²) in [5.74, 6) is -0.850. The molecule has 8 nitrogen and oxygen atoms in total. The zero-order valence-electron chi connectivity index (χ0n) is 15.6. The van der Waals surface area contributed by atoms with E-state index in [9.17, 15) is 18.1 Å². The van der Waals surface area contributed by atoms with Crippen molar-refractivity contribution in [2.24, 2.45) is 4.99 Å². The average molecular weight is 458 g/mol. The second-order valence-electron chi connectivity index (χ2n) is 6.29. The first-order valence-electron chi connectivity index (χ1n) is 8.82. The molecule has 0 aliphatic carbocycles. The average Bonchev–Trinajstić information content (AvgIpc) is 2.74. The van der Waals surface area contributed by atoms with Crippen molar-refractivity contribution in [3.8, 4) is 17.6 Å². The second-order valence-corrected chi connectivity index (χ2v) is 8.31. The van der Waals surface area contributed by atoms with E-state index >= 15 is 0 Å². The molecular formula is C20H13ClFN5O3S. The third kappa shape index (κ3) is 4.14. The number of pyridine rings is 1. The Bertz CT molecular complexity index is 1360. The number of halogens is 2. The van der Waals surface area contributed by atoms with Crippen LogP contribution in [0, 0.1) is 17.1 Å². The zero-order valence-corrected chi connectivity index (χ0v) is 17.2. The number of sulfonamides is 1. The summed E-state index contributed by atoms with van der Waals surface area (Å²) in [7, 11) is -4.17. The monoisotopic (exact) mass is 457 g/mol. The van der Waals surface area contributed by atoms with Gasteiger partial charge in [-0.1, -0.05) is 23.7 Å². The van der Waals surface area contributed by atoms with Crippen LogP contribution in [0.5, 0.6) is 11.5 Å². The van der Waals surface area contributed by atoms with Crippen molar-refractivity contribution in [3.63, 3.8) is 0 Å². The van der Waals surface area contributed by atoms with Gasteiger partial charge in [-0.2, -0.15) is 5.26 Å². The van der Waals surface area contributed by atoms with Crippen LogP contribution in [0.4, 0.5) is 10.1 Å². The maximum absolute atomic E-state index is 14.1. The molecule has 1 aromatic heterocycles. The maximum atomic E-state index is 14.1. The van der Waals surface area contributed by atoms with Crippen LogP contribution in [0.15, 0.2) is 64.6 Å². The molecule has 4 rings (SSSR count). The molecule has 31 heavy (non-hydrogen) atoms. The van der Waals surface area contributed by atoms with Crippen LogP contribution in [0.25, 0.3) is 0 Å². The van der Waals surface area contributed by atoms with E-state index in [0.717, 1.165) is 0 Å². The van der Waals surface area contributed by atoms with Gasteiger partial charge in [0.25, 0.3) is 10.0 Å². The third-order valence-corrected chi connectivity index (χ3v) is 6.03. The van der Waals surface area contributed by atoms with Gasteiger partial charge in [0.2, 0.25) is 5.96 Å². The molecule has 156 valence electrons. The number of hydrogen-bond donors (Lipinski definition) is 2. The normalized spacial score (nSPS) is 15.3. The molecule has 3 aromatic rings. The van der Waals surface area contributed by atoms with Crippen molar-refractivity contribution in [2.75, 3.05) is 5.32 Å². The number of nitriles is 1. The summed E-state index contributed by atoms with van der Waals surface area (Å²) in [6.07, 6.45) is 1.54. The highest BCUT2D eigenvalue weighted by atomic mass is 35.5. The number of benzene rings is 2. The summed E-state index contributed by atoms with van der Waals surface area (Å²) in [5, 5.41) is 12.6. The fourth-order valence-electron chi connectivity index (χ4n) is 2.86. The lowest BCUT2D eigenvalue weighted by molar-refractivity contribution is 0.443. The standard InChI is InChI=1S/C20H13ClFN5O3S/c21-13-4-3-9-24-15(13)11-25-20-26-18-17(30-16-6-2-1-5-14(16)22)8-7-12(10-23)19(18)31(28,29)27-20/h1-9H,11H2,(H2,25,26,27). The van der Waals surface area contributed by atoms with Crippen LogP contribution in [0.2, 0.25) is 5.02 Å². The summed E-state index contributed by atoms with van der Waals surface area (Å²) < 4.78 is 47.7. The number of hydrogen-bond acceptors (Lipinski definition) is 6. The number of para-hydroxylation sites is 1. The second kappa shape index (κ2) is 8.22. The van der Waals surface area contributed by atoms with E-state index in [1.165, 1.54) is 36.5 Å². The van der Waals surface area contributed by atoms with E-state index in [4.69, 9.17) is 16.3 Å². The lowest BCUT2D eigenvalue weighted by Crippen LogP contribution is -2.41. The number of guanidine groups is 1. The van der Waals surface area contributed by atoms with Crippen LogP contribution in [0.1, 0.15) is 11.3 Å². The molecular weight excluding hydrogens is 445 g/mol. The van der Waals surface area contributed by atoms with Crippen molar-refractivity contribution >= 4 is 33.3 Å². The van der Waals surface area contributed by atoms with E-state index in [1.807, 2.05) is 6.07 Å². The topological polar surface area (TPSA) is 116 Å². The molecule has 1 aliphatic heterocycles. The van der Waals surface area contributed by atoms with Gasteiger partial charge in [0.05, 0.1) is 22.8 Å². The minimum atomic E-state index is -4.17. The van der Waals surface area contributed by atoms with Gasteiger partial charge in [-0.3, -0.25) is 4.98 Å². The lowest BCUT2D eigenvalue weighted by atomic mass is 10.2. The maximum Gasteiger partial charge on any atom is 0.267 e. The van der Waals surface area contributed by atoms with Gasteiger partial charge in [0.15, 0.2) is 17.3 Å². The summed E-state index contributed by atoms with van der Waals surface area (Å²) >= 11 is 6.07. The number of nitrogens with zero attached hydrogens (tertiary/aromatic N) is 3. The molecule has 0 saturated heterocycles. The van der Waals surface area contributed by atoms with Gasteiger partial charge in [0, 0.05) is 6.20 Å². The molecule has 1 aliphatic rings. The first-order chi connectivity index (χ1) is 14.9. The Labute approximate surface area is 182 Å². The van der Waals surface area contributed by atoms with E-state index in [2.05, 4.69) is 20.0 Å². The number of anilines is 1. The van der Waals surface area contributed by atoms with Crippen LogP contribution in [0.3, 0.4) is 0 Å². The highest BCUT2D eigenvalue weighted by molar-refractivity contribution is 7.90. The van der Waals surface area contributed by atoms with Crippen LogP contribution in [-0.4, -0.2) is 19.4 Å². The van der Waals surface area contributed by atoms with E-state index in [-0.39, 0.29) is 40.1 Å². The smallest absolute Gasteiger partial charge is 0.267 e. The molecule has 0 spiro atoms. The minimum Gasteiger partial charge on any atom is -0.452 e. The Morgan fingerprint density at radius 1 is 1.16 bits per heavy atom. The molecule has 0 saturated carbocycles. The molecule has 0 unspecified atom stereocenters. The Balaban J connectivity index is 1.77. The first kappa shape index (κ1) is 20.6. The molecule has 2 aromatic carbocycles. The number of aliphatic imine (C=N–C) groups is 1. The Morgan fingerprint density at radius 3 is 2.71 bits per heavy atom. The number of rotatable bonds is 4. The minimum absolute atomic E-state index is 0.00717. The molecule has 2 N–H and O–H groups in total. The molecule has 0 atom stereocenters. The van der Waals surface area contributed by atoms with E-state index in [1.54, 1.807) is 18.2 Å². The quantitative estimate of drug-likeness (QED) is 0.615. The van der Waals surface area contributed by atoms with Crippen LogP contribution < -0.4 is 14.8 Å². The molecule has 2 heterocycles. The fraction of sp³-hybridized carbons (Fsp3) is 0.0500. The van der Waals surface area contributed by atoms with Crippen LogP contribution in [-0.2, 0) is 16.6 Å². The molecule has 0 fully saturated rings. The Morgan fingerprint density at radius 2 is 1.97 bits per heavy atom. The summed E-state index contributed by atoms with van der Waals surface area (Å²) in [5.41, 5.74) is 0.298. The van der Waals surface area contributed by atoms with Gasteiger partial charge < -0.3 is 10.1 Å². The fourth-order valence-corrected chi connectivity index (χ4v) is 4.34. The van der Waals surface area contributed by atoms with Crippen molar-refractivity contribution in [3.05, 3.63) is 76.8 Å². The van der Waals surface area contributed by atoms with Gasteiger partial charge in [0.1, 0.15) is 16.7 Å². The number of fused-ring (bicyclic) bond motifs is 1. The van der Waals surface area contributed by atoms with E-state index in [0.29, 0.717) is 10.7 Å². The Kier molecular flexibility index (Phi) is 5.46. The van der Waals surface area contributed by atoms with Gasteiger partial charge in [-0.15, -0.1) is 0 Å². The molecule has 11 heteroatoms. The van der Waals surface area contributed by atoms with Crippen molar-refractivity contribution in [1.82, 2.24) is 9.71 Å². The lowest BCUT2D eigenvalue weighted by Gasteiger charge is -2.24. The number of nitrogens with one attached hydrogen (secondary N) is 2. The summed E-state index contributed by atoms with van der Waals surface area (Å²) in [6.45, 7) is -0.0126. The van der Waals surface area contributed by atoms with Crippen molar-refractivity contribution < 1.29 is 17.5 Å². The zero-order chi connectivity index (χ0) is 22.0. The van der Waals surface area contributed by atoms with Gasteiger partial charge >= 0.3 is 0 Å². The van der Waals surface area contributed by atoms with Crippen LogP contribution >= 0.6 is 11.6 Å². The predicted octanol–water partition coefficient (Wildman–Crippen LogP) is 3.80. The molecule has 0 bridgehead atoms. The highest BCUT2D eigenvalue weighted by Crippen LogP contribution is 2.39. The predicted molar refractivity (Wildman–Crippen MR) is 112 cm³/mol. The largest absolute Gasteiger partial charge is 0.452 e.